The molecular weight excluding hydrogens is 276 g/mol. The third kappa shape index (κ3) is 4.02. The van der Waals surface area contributed by atoms with Crippen molar-refractivity contribution in [1.29, 1.82) is 0 Å². The van der Waals surface area contributed by atoms with Gasteiger partial charge in [0.1, 0.15) is 17.4 Å². The van der Waals surface area contributed by atoms with Crippen LogP contribution in [0.4, 0.5) is 14.5 Å². The van der Waals surface area contributed by atoms with Crippen molar-refractivity contribution in [2.75, 3.05) is 5.32 Å². The lowest BCUT2D eigenvalue weighted by molar-refractivity contribution is -0.122. The minimum absolute atomic E-state index is 0.359. The Morgan fingerprint density at radius 1 is 1.14 bits per heavy atom. The molecule has 21 heavy (non-hydrogen) atoms. The van der Waals surface area contributed by atoms with Crippen molar-refractivity contribution in [3.05, 3.63) is 59.7 Å². The Labute approximate surface area is 121 Å². The number of carbonyl (C=O) groups excluding carboxylic acids is 1. The first-order valence-corrected chi connectivity index (χ1v) is 6.45. The van der Waals surface area contributed by atoms with Gasteiger partial charge in [0.25, 0.3) is 5.91 Å². The number of nitrogens with one attached hydrogen (secondary N) is 1. The maximum atomic E-state index is 13.4. The molecule has 0 bridgehead atoms. The molecule has 1 amide bonds. The number of hydrogen-bond donors (Lipinski definition) is 1. The summed E-state index contributed by atoms with van der Waals surface area (Å²) in [5, 5.41) is 2.56. The van der Waals surface area contributed by atoms with Crippen LogP contribution in [0.1, 0.15) is 12.5 Å². The average molecular weight is 291 g/mol. The van der Waals surface area contributed by atoms with E-state index in [1.165, 1.54) is 30.3 Å². The fraction of sp³-hybridized carbons (Fsp3) is 0.188. The summed E-state index contributed by atoms with van der Waals surface area (Å²) in [4.78, 5) is 11.9. The van der Waals surface area contributed by atoms with E-state index in [1.54, 1.807) is 26.0 Å². The number of halogens is 2. The van der Waals surface area contributed by atoms with Crippen LogP contribution in [-0.2, 0) is 4.79 Å². The number of carbonyl (C=O) groups is 1. The van der Waals surface area contributed by atoms with Crippen molar-refractivity contribution in [2.45, 2.75) is 20.0 Å². The maximum absolute atomic E-state index is 13.4. The zero-order valence-corrected chi connectivity index (χ0v) is 11.7. The van der Waals surface area contributed by atoms with Gasteiger partial charge in [0.15, 0.2) is 6.10 Å². The second-order valence-electron chi connectivity index (χ2n) is 4.67. The summed E-state index contributed by atoms with van der Waals surface area (Å²) < 4.78 is 31.6. The number of benzene rings is 2. The number of amides is 1. The number of aryl methyl sites for hydroxylation is 1. The van der Waals surface area contributed by atoms with Gasteiger partial charge in [0.2, 0.25) is 0 Å². The van der Waals surface area contributed by atoms with Gasteiger partial charge in [-0.05, 0) is 55.8 Å². The summed E-state index contributed by atoms with van der Waals surface area (Å²) in [7, 11) is 0. The van der Waals surface area contributed by atoms with Crippen molar-refractivity contribution in [1.82, 2.24) is 0 Å². The molecule has 0 aliphatic rings. The molecule has 0 fully saturated rings. The number of rotatable bonds is 4. The maximum Gasteiger partial charge on any atom is 0.265 e. The fourth-order valence-electron chi connectivity index (χ4n) is 1.69. The van der Waals surface area contributed by atoms with Crippen LogP contribution in [-0.4, -0.2) is 12.0 Å². The van der Waals surface area contributed by atoms with Crippen LogP contribution in [0.3, 0.4) is 0 Å². The van der Waals surface area contributed by atoms with Crippen molar-refractivity contribution in [3.8, 4) is 5.75 Å². The van der Waals surface area contributed by atoms with E-state index in [0.29, 0.717) is 17.0 Å². The Hall–Kier alpha value is -2.43. The highest BCUT2D eigenvalue weighted by Crippen LogP contribution is 2.16. The van der Waals surface area contributed by atoms with Gasteiger partial charge in [0, 0.05) is 5.69 Å². The van der Waals surface area contributed by atoms with E-state index in [1.807, 2.05) is 0 Å². The van der Waals surface area contributed by atoms with E-state index in [0.717, 1.165) is 0 Å². The van der Waals surface area contributed by atoms with Crippen molar-refractivity contribution in [3.63, 3.8) is 0 Å². The minimum Gasteiger partial charge on any atom is -0.481 e. The van der Waals surface area contributed by atoms with Crippen molar-refractivity contribution < 1.29 is 18.3 Å². The molecular formula is C16H15F2NO2. The predicted octanol–water partition coefficient (Wildman–Crippen LogP) is 3.68. The highest BCUT2D eigenvalue weighted by atomic mass is 19.1. The smallest absolute Gasteiger partial charge is 0.265 e. The second-order valence-corrected chi connectivity index (χ2v) is 4.67. The molecule has 0 saturated carbocycles. The molecule has 1 atom stereocenters. The quantitative estimate of drug-likeness (QED) is 0.933. The topological polar surface area (TPSA) is 38.3 Å². The Kier molecular flexibility index (Phi) is 4.52. The first-order valence-electron chi connectivity index (χ1n) is 6.45. The van der Waals surface area contributed by atoms with E-state index < -0.39 is 12.0 Å². The summed E-state index contributed by atoms with van der Waals surface area (Å²) >= 11 is 0. The summed E-state index contributed by atoms with van der Waals surface area (Å²) in [5.74, 6) is -0.800. The number of ether oxygens (including phenoxy) is 1. The first kappa shape index (κ1) is 15.0. The Balaban J connectivity index is 1.98. The van der Waals surface area contributed by atoms with Crippen LogP contribution in [0.25, 0.3) is 0 Å². The molecule has 2 aromatic rings. The molecule has 0 heterocycles. The highest BCUT2D eigenvalue weighted by Gasteiger charge is 2.15. The Bertz CT molecular complexity index is 641. The summed E-state index contributed by atoms with van der Waals surface area (Å²) in [6, 6.07) is 9.80. The monoisotopic (exact) mass is 291 g/mol. The summed E-state index contributed by atoms with van der Waals surface area (Å²) in [6.07, 6.45) is -0.792. The molecule has 2 aromatic carbocycles. The SMILES string of the molecule is Cc1ccc(NC(=O)[C@H](C)Oc2ccc(F)cc2)cc1F. The molecule has 2 rings (SSSR count). The van der Waals surface area contributed by atoms with E-state index in [4.69, 9.17) is 4.74 Å². The fourth-order valence-corrected chi connectivity index (χ4v) is 1.69. The first-order chi connectivity index (χ1) is 9.95. The van der Waals surface area contributed by atoms with Crippen LogP contribution in [0.2, 0.25) is 0 Å². The molecule has 3 nitrogen and oxygen atoms in total. The molecule has 110 valence electrons. The van der Waals surface area contributed by atoms with E-state index in [2.05, 4.69) is 5.32 Å². The van der Waals surface area contributed by atoms with Crippen molar-refractivity contribution >= 4 is 11.6 Å². The molecule has 5 heteroatoms. The van der Waals surface area contributed by atoms with Crippen LogP contribution in [0, 0.1) is 18.6 Å². The van der Waals surface area contributed by atoms with Gasteiger partial charge in [-0.1, -0.05) is 6.07 Å². The lowest BCUT2D eigenvalue weighted by atomic mass is 10.2. The number of anilines is 1. The van der Waals surface area contributed by atoms with Crippen LogP contribution < -0.4 is 10.1 Å². The van der Waals surface area contributed by atoms with Crippen LogP contribution in [0.5, 0.6) is 5.75 Å². The average Bonchev–Trinajstić information content (AvgIpc) is 2.45. The van der Waals surface area contributed by atoms with Gasteiger partial charge >= 0.3 is 0 Å². The van der Waals surface area contributed by atoms with Gasteiger partial charge in [-0.3, -0.25) is 4.79 Å². The van der Waals surface area contributed by atoms with Crippen LogP contribution >= 0.6 is 0 Å². The van der Waals surface area contributed by atoms with Gasteiger partial charge < -0.3 is 10.1 Å². The van der Waals surface area contributed by atoms with Crippen LogP contribution in [0.15, 0.2) is 42.5 Å². The lowest BCUT2D eigenvalue weighted by Gasteiger charge is -2.15. The normalized spacial score (nSPS) is 11.8. The zero-order valence-electron chi connectivity index (χ0n) is 11.7. The zero-order chi connectivity index (χ0) is 15.4. The van der Waals surface area contributed by atoms with E-state index >= 15 is 0 Å². The molecule has 1 N–H and O–H groups in total. The van der Waals surface area contributed by atoms with Gasteiger partial charge in [-0.15, -0.1) is 0 Å². The molecule has 0 aliphatic carbocycles. The van der Waals surface area contributed by atoms with Gasteiger partial charge in [-0.25, -0.2) is 8.78 Å². The molecule has 0 saturated heterocycles. The molecule has 0 unspecified atom stereocenters. The third-order valence-electron chi connectivity index (χ3n) is 2.94. The Morgan fingerprint density at radius 2 is 1.81 bits per heavy atom. The third-order valence-corrected chi connectivity index (χ3v) is 2.94. The molecule has 0 aromatic heterocycles. The molecule has 0 spiro atoms. The lowest BCUT2D eigenvalue weighted by Crippen LogP contribution is -2.30. The largest absolute Gasteiger partial charge is 0.481 e. The predicted molar refractivity (Wildman–Crippen MR) is 76.3 cm³/mol. The number of hydrogen-bond acceptors (Lipinski definition) is 2. The van der Waals surface area contributed by atoms with Gasteiger partial charge in [-0.2, -0.15) is 0 Å². The summed E-state index contributed by atoms with van der Waals surface area (Å²) in [6.45, 7) is 3.20. The van der Waals surface area contributed by atoms with Crippen molar-refractivity contribution in [2.24, 2.45) is 0 Å². The summed E-state index contributed by atoms with van der Waals surface area (Å²) in [5.41, 5.74) is 0.862. The minimum atomic E-state index is -0.792. The van der Waals surface area contributed by atoms with E-state index in [-0.39, 0.29) is 11.6 Å². The van der Waals surface area contributed by atoms with E-state index in [9.17, 15) is 13.6 Å². The Morgan fingerprint density at radius 3 is 2.43 bits per heavy atom. The molecule has 0 aliphatic heterocycles. The van der Waals surface area contributed by atoms with Gasteiger partial charge in [0.05, 0.1) is 0 Å². The second kappa shape index (κ2) is 6.35. The molecule has 0 radical (unpaired) electrons. The highest BCUT2D eigenvalue weighted by molar-refractivity contribution is 5.94. The standard InChI is InChI=1S/C16H15F2NO2/c1-10-3-6-13(9-15(10)18)19-16(20)11(2)21-14-7-4-12(17)5-8-14/h3-9,11H,1-2H3,(H,19,20)/t11-/m0/s1.